The van der Waals surface area contributed by atoms with Crippen LogP contribution in [0.4, 0.5) is 0 Å². The SMILES string of the molecule is COc1ccccc1CC1(CN)CCC(C)(C)C1O. The number of hydrogen-bond acceptors (Lipinski definition) is 3. The van der Waals surface area contributed by atoms with Crippen LogP contribution in [0.15, 0.2) is 24.3 Å². The lowest BCUT2D eigenvalue weighted by molar-refractivity contribution is -0.00485. The van der Waals surface area contributed by atoms with Gasteiger partial charge in [-0.25, -0.2) is 0 Å². The molecule has 0 bridgehead atoms. The van der Waals surface area contributed by atoms with E-state index in [-0.39, 0.29) is 16.9 Å². The van der Waals surface area contributed by atoms with E-state index in [2.05, 4.69) is 19.9 Å². The minimum atomic E-state index is -0.366. The molecule has 1 aliphatic carbocycles. The van der Waals surface area contributed by atoms with E-state index < -0.39 is 0 Å². The fourth-order valence-electron chi connectivity index (χ4n) is 3.37. The van der Waals surface area contributed by atoms with Crippen LogP contribution < -0.4 is 10.5 Å². The minimum absolute atomic E-state index is 0.0542. The highest BCUT2D eigenvalue weighted by molar-refractivity contribution is 5.34. The molecule has 3 nitrogen and oxygen atoms in total. The number of aliphatic hydroxyl groups excluding tert-OH is 1. The van der Waals surface area contributed by atoms with Crippen LogP contribution >= 0.6 is 0 Å². The number of ether oxygens (including phenoxy) is 1. The topological polar surface area (TPSA) is 55.5 Å². The molecule has 0 amide bonds. The molecule has 2 rings (SSSR count). The first kappa shape index (κ1) is 14.4. The maximum Gasteiger partial charge on any atom is 0.122 e. The third kappa shape index (κ3) is 2.49. The Labute approximate surface area is 115 Å². The Hall–Kier alpha value is -1.06. The van der Waals surface area contributed by atoms with Crippen molar-refractivity contribution in [3.63, 3.8) is 0 Å². The van der Waals surface area contributed by atoms with Crippen molar-refractivity contribution in [1.82, 2.24) is 0 Å². The van der Waals surface area contributed by atoms with Crippen molar-refractivity contribution in [2.24, 2.45) is 16.6 Å². The summed E-state index contributed by atoms with van der Waals surface area (Å²) in [6.45, 7) is 4.75. The lowest BCUT2D eigenvalue weighted by Crippen LogP contribution is -2.44. The molecule has 1 aliphatic rings. The molecule has 0 aliphatic heterocycles. The van der Waals surface area contributed by atoms with Gasteiger partial charge >= 0.3 is 0 Å². The predicted octanol–water partition coefficient (Wildman–Crippen LogP) is 2.36. The van der Waals surface area contributed by atoms with Crippen molar-refractivity contribution in [2.45, 2.75) is 39.2 Å². The molecule has 106 valence electrons. The molecule has 1 aromatic rings. The van der Waals surface area contributed by atoms with Crippen LogP contribution in [0.3, 0.4) is 0 Å². The molecular weight excluding hydrogens is 238 g/mol. The number of hydrogen-bond donors (Lipinski definition) is 2. The van der Waals surface area contributed by atoms with Gasteiger partial charge in [-0.1, -0.05) is 32.0 Å². The Morgan fingerprint density at radius 1 is 1.32 bits per heavy atom. The second-order valence-corrected chi connectivity index (χ2v) is 6.45. The van der Waals surface area contributed by atoms with Gasteiger partial charge in [0.15, 0.2) is 0 Å². The fraction of sp³-hybridized carbons (Fsp3) is 0.625. The van der Waals surface area contributed by atoms with Gasteiger partial charge < -0.3 is 15.6 Å². The van der Waals surface area contributed by atoms with Crippen molar-refractivity contribution < 1.29 is 9.84 Å². The zero-order valence-electron chi connectivity index (χ0n) is 12.1. The maximum atomic E-state index is 10.7. The van der Waals surface area contributed by atoms with E-state index in [0.717, 1.165) is 30.6 Å². The number of methoxy groups -OCH3 is 1. The van der Waals surface area contributed by atoms with Crippen molar-refractivity contribution >= 4 is 0 Å². The summed E-state index contributed by atoms with van der Waals surface area (Å²) in [4.78, 5) is 0. The molecule has 0 heterocycles. The number of aliphatic hydroxyl groups is 1. The standard InChI is InChI=1S/C16H25NO2/c1-15(2)8-9-16(11-17,14(15)18)10-12-6-4-5-7-13(12)19-3/h4-7,14,18H,8-11,17H2,1-3H3. The van der Waals surface area contributed by atoms with E-state index in [1.165, 1.54) is 0 Å². The Bertz CT molecular complexity index is 444. The average molecular weight is 263 g/mol. The molecule has 1 aromatic carbocycles. The van der Waals surface area contributed by atoms with Crippen molar-refractivity contribution in [3.8, 4) is 5.75 Å². The van der Waals surface area contributed by atoms with E-state index in [9.17, 15) is 5.11 Å². The number of nitrogens with two attached hydrogens (primary N) is 1. The summed E-state index contributed by atoms with van der Waals surface area (Å²) in [6, 6.07) is 8.00. The minimum Gasteiger partial charge on any atom is -0.496 e. The maximum absolute atomic E-state index is 10.7. The molecule has 3 N–H and O–H groups in total. The van der Waals surface area contributed by atoms with Crippen LogP contribution in [-0.4, -0.2) is 24.9 Å². The fourth-order valence-corrected chi connectivity index (χ4v) is 3.37. The Morgan fingerprint density at radius 2 is 2.00 bits per heavy atom. The van der Waals surface area contributed by atoms with Gasteiger partial charge in [-0.15, -0.1) is 0 Å². The smallest absolute Gasteiger partial charge is 0.122 e. The molecule has 0 saturated heterocycles. The van der Waals surface area contributed by atoms with Gasteiger partial charge in [0.05, 0.1) is 13.2 Å². The highest BCUT2D eigenvalue weighted by Gasteiger charge is 2.51. The average Bonchev–Trinajstić information content (AvgIpc) is 2.64. The third-order valence-corrected chi connectivity index (χ3v) is 4.73. The molecule has 3 heteroatoms. The van der Waals surface area contributed by atoms with Crippen LogP contribution in [0.2, 0.25) is 0 Å². The van der Waals surface area contributed by atoms with Crippen LogP contribution in [0, 0.1) is 10.8 Å². The van der Waals surface area contributed by atoms with Crippen LogP contribution in [-0.2, 0) is 6.42 Å². The van der Waals surface area contributed by atoms with E-state index in [0.29, 0.717) is 6.54 Å². The van der Waals surface area contributed by atoms with Crippen molar-refractivity contribution in [2.75, 3.05) is 13.7 Å². The second kappa shape index (κ2) is 5.14. The monoisotopic (exact) mass is 263 g/mol. The Morgan fingerprint density at radius 3 is 2.53 bits per heavy atom. The van der Waals surface area contributed by atoms with E-state index in [1.54, 1.807) is 7.11 Å². The van der Waals surface area contributed by atoms with Crippen molar-refractivity contribution in [1.29, 1.82) is 0 Å². The molecule has 2 unspecified atom stereocenters. The normalized spacial score (nSPS) is 29.4. The molecule has 0 radical (unpaired) electrons. The Kier molecular flexibility index (Phi) is 3.88. The van der Waals surface area contributed by atoms with Gasteiger partial charge in [-0.05, 0) is 36.3 Å². The largest absolute Gasteiger partial charge is 0.496 e. The zero-order valence-corrected chi connectivity index (χ0v) is 12.1. The quantitative estimate of drug-likeness (QED) is 0.877. The summed E-state index contributed by atoms with van der Waals surface area (Å²) < 4.78 is 5.41. The third-order valence-electron chi connectivity index (χ3n) is 4.73. The first-order valence-electron chi connectivity index (χ1n) is 6.95. The summed E-state index contributed by atoms with van der Waals surface area (Å²) in [5.74, 6) is 0.882. The molecule has 0 aromatic heterocycles. The summed E-state index contributed by atoms with van der Waals surface area (Å²) in [6.07, 6.45) is 2.39. The first-order chi connectivity index (χ1) is 8.95. The van der Waals surface area contributed by atoms with Crippen LogP contribution in [0.1, 0.15) is 32.3 Å². The highest BCUT2D eigenvalue weighted by atomic mass is 16.5. The second-order valence-electron chi connectivity index (χ2n) is 6.45. The molecular formula is C16H25NO2. The Balaban J connectivity index is 2.29. The van der Waals surface area contributed by atoms with Gasteiger partial charge in [-0.3, -0.25) is 0 Å². The van der Waals surface area contributed by atoms with Gasteiger partial charge in [0.25, 0.3) is 0 Å². The summed E-state index contributed by atoms with van der Waals surface area (Å²) >= 11 is 0. The van der Waals surface area contributed by atoms with Crippen molar-refractivity contribution in [3.05, 3.63) is 29.8 Å². The van der Waals surface area contributed by atoms with Gasteiger partial charge in [0.1, 0.15) is 5.75 Å². The molecule has 1 fully saturated rings. The number of benzene rings is 1. The van der Waals surface area contributed by atoms with Crippen LogP contribution in [0.5, 0.6) is 5.75 Å². The summed E-state index contributed by atoms with van der Waals surface area (Å²) in [5.41, 5.74) is 6.87. The predicted molar refractivity (Wildman–Crippen MR) is 77.2 cm³/mol. The highest BCUT2D eigenvalue weighted by Crippen LogP contribution is 2.50. The van der Waals surface area contributed by atoms with Gasteiger partial charge in [-0.2, -0.15) is 0 Å². The summed E-state index contributed by atoms with van der Waals surface area (Å²) in [5, 5.41) is 10.7. The number of para-hydroxylation sites is 1. The van der Waals surface area contributed by atoms with Gasteiger partial charge in [0.2, 0.25) is 0 Å². The molecule has 0 spiro atoms. The first-order valence-corrected chi connectivity index (χ1v) is 6.95. The summed E-state index contributed by atoms with van der Waals surface area (Å²) in [7, 11) is 1.68. The van der Waals surface area contributed by atoms with Gasteiger partial charge in [0, 0.05) is 12.0 Å². The lowest BCUT2D eigenvalue weighted by Gasteiger charge is -2.36. The van der Waals surface area contributed by atoms with E-state index >= 15 is 0 Å². The van der Waals surface area contributed by atoms with E-state index in [4.69, 9.17) is 10.5 Å². The molecule has 19 heavy (non-hydrogen) atoms. The van der Waals surface area contributed by atoms with Crippen LogP contribution in [0.25, 0.3) is 0 Å². The number of rotatable bonds is 4. The lowest BCUT2D eigenvalue weighted by atomic mass is 9.74. The van der Waals surface area contributed by atoms with E-state index in [1.807, 2.05) is 18.2 Å². The molecule has 1 saturated carbocycles. The zero-order chi connectivity index (χ0) is 14.1. The molecule has 2 atom stereocenters.